The van der Waals surface area contributed by atoms with Gasteiger partial charge in [0.15, 0.2) is 0 Å². The molecule has 0 radical (unpaired) electrons. The highest BCUT2D eigenvalue weighted by Gasteiger charge is 2.13. The van der Waals surface area contributed by atoms with E-state index >= 15 is 0 Å². The Kier molecular flexibility index (Phi) is 3.46. The Balaban J connectivity index is 3.68. The molecule has 0 aromatic rings. The lowest BCUT2D eigenvalue weighted by Crippen LogP contribution is -2.23. The summed E-state index contributed by atoms with van der Waals surface area (Å²) >= 11 is 0. The molecule has 0 aliphatic heterocycles. The molecule has 0 heterocycles. The Morgan fingerprint density at radius 1 is 1.60 bits per heavy atom. The van der Waals surface area contributed by atoms with Gasteiger partial charge in [0.1, 0.15) is 0 Å². The van der Waals surface area contributed by atoms with Crippen LogP contribution in [0, 0.1) is 5.92 Å². The first kappa shape index (κ1) is 8.94. The molecule has 0 spiro atoms. The highest BCUT2D eigenvalue weighted by atomic mass is 16.4. The van der Waals surface area contributed by atoms with Crippen molar-refractivity contribution in [1.82, 2.24) is 5.32 Å². The number of carboxylic acid groups (broad SMARTS) is 1. The normalized spacial score (nSPS) is 12.2. The highest BCUT2D eigenvalue weighted by molar-refractivity contribution is 5.81. The van der Waals surface area contributed by atoms with Gasteiger partial charge in [-0.05, 0) is 0 Å². The zero-order chi connectivity index (χ0) is 8.15. The Labute approximate surface area is 59.2 Å². The fourth-order valence-electron chi connectivity index (χ4n) is 0.467. The number of hydrogen-bond donors (Lipinski definition) is 2. The molecule has 0 aliphatic carbocycles. The van der Waals surface area contributed by atoms with E-state index in [1.807, 2.05) is 0 Å². The lowest BCUT2D eigenvalue weighted by Gasteiger charge is -2.02. The smallest absolute Gasteiger partial charge is 0.306 e. The van der Waals surface area contributed by atoms with Crippen molar-refractivity contribution in [2.75, 3.05) is 7.05 Å². The average molecular weight is 145 g/mol. The van der Waals surface area contributed by atoms with Crippen LogP contribution in [0.5, 0.6) is 0 Å². The lowest BCUT2D eigenvalue weighted by molar-refractivity contribution is -0.143. The van der Waals surface area contributed by atoms with E-state index in [1.54, 1.807) is 0 Å². The van der Waals surface area contributed by atoms with Gasteiger partial charge in [0, 0.05) is 13.5 Å². The number of hydrogen-bond acceptors (Lipinski definition) is 2. The third-order valence-corrected chi connectivity index (χ3v) is 1.19. The van der Waals surface area contributed by atoms with Gasteiger partial charge in [-0.25, -0.2) is 0 Å². The summed E-state index contributed by atoms with van der Waals surface area (Å²) in [5, 5.41) is 10.7. The maximum atomic E-state index is 10.6. The Morgan fingerprint density at radius 2 is 2.10 bits per heavy atom. The average Bonchev–Trinajstić information content (AvgIpc) is 1.87. The number of carboxylic acids is 1. The van der Waals surface area contributed by atoms with E-state index in [-0.39, 0.29) is 12.3 Å². The topological polar surface area (TPSA) is 66.4 Å². The molecular weight excluding hydrogens is 134 g/mol. The quantitative estimate of drug-likeness (QED) is 0.580. The van der Waals surface area contributed by atoms with Crippen LogP contribution in [-0.2, 0) is 9.59 Å². The lowest BCUT2D eigenvalue weighted by atomic mass is 10.1. The summed E-state index contributed by atoms with van der Waals surface area (Å²) in [6.07, 6.45) is 0.0475. The number of aliphatic carboxylic acids is 1. The summed E-state index contributed by atoms with van der Waals surface area (Å²) in [5.74, 6) is -1.78. The molecule has 4 heteroatoms. The number of amides is 1. The minimum Gasteiger partial charge on any atom is -0.481 e. The molecule has 0 fully saturated rings. The second kappa shape index (κ2) is 3.87. The molecule has 1 amide bonds. The number of carbonyl (C=O) groups is 2. The van der Waals surface area contributed by atoms with Gasteiger partial charge in [-0.3, -0.25) is 9.59 Å². The number of carbonyl (C=O) groups excluding carboxylic acids is 1. The predicted molar refractivity (Wildman–Crippen MR) is 35.5 cm³/mol. The van der Waals surface area contributed by atoms with Crippen molar-refractivity contribution in [2.45, 2.75) is 13.3 Å². The van der Waals surface area contributed by atoms with Crippen molar-refractivity contribution in [2.24, 2.45) is 5.92 Å². The highest BCUT2D eigenvalue weighted by Crippen LogP contribution is 1.99. The van der Waals surface area contributed by atoms with Crippen molar-refractivity contribution in [3.05, 3.63) is 0 Å². The molecule has 1 atom stereocenters. The van der Waals surface area contributed by atoms with Crippen LogP contribution in [0.25, 0.3) is 0 Å². The van der Waals surface area contributed by atoms with Crippen LogP contribution in [0.2, 0.25) is 0 Å². The van der Waals surface area contributed by atoms with Gasteiger partial charge in [-0.1, -0.05) is 6.92 Å². The second-order valence-corrected chi connectivity index (χ2v) is 2.12. The minimum absolute atomic E-state index is 0.0475. The zero-order valence-corrected chi connectivity index (χ0v) is 6.05. The fourth-order valence-corrected chi connectivity index (χ4v) is 0.467. The summed E-state index contributed by atoms with van der Waals surface area (Å²) in [5.41, 5.74) is 0. The second-order valence-electron chi connectivity index (χ2n) is 2.12. The summed E-state index contributed by atoms with van der Waals surface area (Å²) < 4.78 is 0. The first-order valence-corrected chi connectivity index (χ1v) is 3.01. The third kappa shape index (κ3) is 3.06. The van der Waals surface area contributed by atoms with Crippen LogP contribution in [0.15, 0.2) is 0 Å². The standard InChI is InChI=1S/C6H11NO3/c1-4(6(9)10)3-5(8)7-2/h4H,3H2,1-2H3,(H,7,8)(H,9,10)/t4-/m0/s1. The molecule has 0 saturated heterocycles. The Hall–Kier alpha value is -1.06. The van der Waals surface area contributed by atoms with E-state index in [9.17, 15) is 9.59 Å². The van der Waals surface area contributed by atoms with Crippen LogP contribution in [0.4, 0.5) is 0 Å². The van der Waals surface area contributed by atoms with Gasteiger partial charge in [0.2, 0.25) is 5.91 Å². The van der Waals surface area contributed by atoms with Crippen molar-refractivity contribution in [3.8, 4) is 0 Å². The molecule has 0 aromatic carbocycles. The van der Waals surface area contributed by atoms with Crippen molar-refractivity contribution < 1.29 is 14.7 Å². The van der Waals surface area contributed by atoms with Crippen molar-refractivity contribution >= 4 is 11.9 Å². The van der Waals surface area contributed by atoms with Gasteiger partial charge < -0.3 is 10.4 Å². The Morgan fingerprint density at radius 3 is 2.40 bits per heavy atom. The van der Waals surface area contributed by atoms with Gasteiger partial charge in [-0.15, -0.1) is 0 Å². The first-order valence-electron chi connectivity index (χ1n) is 3.01. The summed E-state index contributed by atoms with van der Waals surface area (Å²) in [6, 6.07) is 0. The zero-order valence-electron chi connectivity index (χ0n) is 6.05. The maximum Gasteiger partial charge on any atom is 0.306 e. The summed E-state index contributed by atoms with van der Waals surface area (Å²) in [6.45, 7) is 1.50. The predicted octanol–water partition coefficient (Wildman–Crippen LogP) is -0.157. The van der Waals surface area contributed by atoms with Crippen LogP contribution in [0.1, 0.15) is 13.3 Å². The monoisotopic (exact) mass is 145 g/mol. The van der Waals surface area contributed by atoms with Gasteiger partial charge in [0.05, 0.1) is 5.92 Å². The van der Waals surface area contributed by atoms with Crippen LogP contribution < -0.4 is 5.32 Å². The summed E-state index contributed by atoms with van der Waals surface area (Å²) in [7, 11) is 1.48. The van der Waals surface area contributed by atoms with E-state index < -0.39 is 11.9 Å². The largest absolute Gasteiger partial charge is 0.481 e. The Bertz CT molecular complexity index is 144. The number of nitrogens with one attached hydrogen (secondary N) is 1. The van der Waals surface area contributed by atoms with Crippen LogP contribution in [-0.4, -0.2) is 24.0 Å². The third-order valence-electron chi connectivity index (χ3n) is 1.19. The number of rotatable bonds is 3. The van der Waals surface area contributed by atoms with E-state index in [0.717, 1.165) is 0 Å². The molecule has 0 rings (SSSR count). The van der Waals surface area contributed by atoms with Gasteiger partial charge in [0.25, 0.3) is 0 Å². The molecule has 0 aliphatic rings. The molecule has 4 nitrogen and oxygen atoms in total. The van der Waals surface area contributed by atoms with E-state index in [1.165, 1.54) is 14.0 Å². The molecule has 10 heavy (non-hydrogen) atoms. The minimum atomic E-state index is -0.941. The van der Waals surface area contributed by atoms with Gasteiger partial charge >= 0.3 is 5.97 Å². The molecule has 0 unspecified atom stereocenters. The van der Waals surface area contributed by atoms with Crippen molar-refractivity contribution in [1.29, 1.82) is 0 Å². The first-order chi connectivity index (χ1) is 4.57. The van der Waals surface area contributed by atoms with E-state index in [4.69, 9.17) is 5.11 Å². The molecule has 0 bridgehead atoms. The SMILES string of the molecule is CNC(=O)C[C@H](C)C(=O)O. The molecular formula is C6H11NO3. The van der Waals surface area contributed by atoms with Gasteiger partial charge in [-0.2, -0.15) is 0 Å². The molecule has 2 N–H and O–H groups in total. The van der Waals surface area contributed by atoms with Crippen molar-refractivity contribution in [3.63, 3.8) is 0 Å². The molecule has 0 aromatic heterocycles. The summed E-state index contributed by atoms with van der Waals surface area (Å²) in [4.78, 5) is 20.7. The molecule has 58 valence electrons. The van der Waals surface area contributed by atoms with E-state index in [0.29, 0.717) is 0 Å². The maximum absolute atomic E-state index is 10.6. The molecule has 0 saturated carbocycles. The van der Waals surface area contributed by atoms with Crippen LogP contribution >= 0.6 is 0 Å². The van der Waals surface area contributed by atoms with E-state index in [2.05, 4.69) is 5.32 Å². The fraction of sp³-hybridized carbons (Fsp3) is 0.667. The van der Waals surface area contributed by atoms with Crippen LogP contribution in [0.3, 0.4) is 0 Å².